The van der Waals surface area contributed by atoms with Gasteiger partial charge in [0.1, 0.15) is 0 Å². The van der Waals surface area contributed by atoms with Crippen molar-refractivity contribution in [3.8, 4) is 5.75 Å². The summed E-state index contributed by atoms with van der Waals surface area (Å²) in [6.07, 6.45) is 2.03. The minimum Gasteiger partial charge on any atom is -0.491 e. The van der Waals surface area contributed by atoms with Gasteiger partial charge in [0.15, 0.2) is 5.75 Å². The van der Waals surface area contributed by atoms with Gasteiger partial charge >= 0.3 is 0 Å². The Bertz CT molecular complexity index is 435. The number of carbonyl (C=O) groups excluding carboxylic acids is 1. The summed E-state index contributed by atoms with van der Waals surface area (Å²) in [6.45, 7) is 7.95. The smallest absolute Gasteiger partial charge is 0.252 e. The fourth-order valence-corrected chi connectivity index (χ4v) is 2.12. The molecular formula is C15H25N3O2. The third kappa shape index (κ3) is 4.74. The SMILES string of the molecule is CCCN(CC)CCCOc1c(N)cccc1C(N)=O. The van der Waals surface area contributed by atoms with Crippen molar-refractivity contribution < 1.29 is 9.53 Å². The van der Waals surface area contributed by atoms with Gasteiger partial charge in [-0.3, -0.25) is 4.79 Å². The monoisotopic (exact) mass is 279 g/mol. The van der Waals surface area contributed by atoms with Gasteiger partial charge in [-0.2, -0.15) is 0 Å². The van der Waals surface area contributed by atoms with Crippen LogP contribution in [0.3, 0.4) is 0 Å². The van der Waals surface area contributed by atoms with E-state index in [1.165, 1.54) is 0 Å². The molecule has 0 heterocycles. The summed E-state index contributed by atoms with van der Waals surface area (Å²) in [5, 5.41) is 0. The second-order valence-corrected chi connectivity index (χ2v) is 4.72. The maximum atomic E-state index is 11.3. The zero-order valence-electron chi connectivity index (χ0n) is 12.4. The van der Waals surface area contributed by atoms with Crippen LogP contribution in [-0.4, -0.2) is 37.0 Å². The molecule has 1 aromatic carbocycles. The van der Waals surface area contributed by atoms with Gasteiger partial charge in [0.2, 0.25) is 0 Å². The highest BCUT2D eigenvalue weighted by atomic mass is 16.5. The molecule has 5 nitrogen and oxygen atoms in total. The molecule has 0 aliphatic carbocycles. The van der Waals surface area contributed by atoms with E-state index in [9.17, 15) is 4.79 Å². The van der Waals surface area contributed by atoms with Crippen molar-refractivity contribution in [2.24, 2.45) is 5.73 Å². The fraction of sp³-hybridized carbons (Fsp3) is 0.533. The molecule has 0 aromatic heterocycles. The zero-order chi connectivity index (χ0) is 15.0. The van der Waals surface area contributed by atoms with Crippen LogP contribution in [0.1, 0.15) is 37.0 Å². The number of anilines is 1. The molecule has 20 heavy (non-hydrogen) atoms. The van der Waals surface area contributed by atoms with Crippen LogP contribution in [0.2, 0.25) is 0 Å². The first-order chi connectivity index (χ1) is 9.60. The first-order valence-electron chi connectivity index (χ1n) is 7.13. The number of primary amides is 1. The standard InChI is InChI=1S/C15H25N3O2/c1-3-9-18(4-2)10-6-11-20-14-12(15(17)19)7-5-8-13(14)16/h5,7-8H,3-4,6,9-11,16H2,1-2H3,(H2,17,19). The van der Waals surface area contributed by atoms with Gasteiger partial charge in [0.25, 0.3) is 5.91 Å². The molecule has 5 heteroatoms. The lowest BCUT2D eigenvalue weighted by molar-refractivity contribution is 0.0996. The summed E-state index contributed by atoms with van der Waals surface area (Å²) in [5.74, 6) is -0.119. The van der Waals surface area contributed by atoms with E-state index in [0.717, 1.165) is 32.5 Å². The Balaban J connectivity index is 2.52. The summed E-state index contributed by atoms with van der Waals surface area (Å²) >= 11 is 0. The van der Waals surface area contributed by atoms with E-state index >= 15 is 0 Å². The van der Waals surface area contributed by atoms with Crippen LogP contribution in [0.25, 0.3) is 0 Å². The largest absolute Gasteiger partial charge is 0.491 e. The summed E-state index contributed by atoms with van der Waals surface area (Å²) in [4.78, 5) is 13.7. The van der Waals surface area contributed by atoms with Gasteiger partial charge < -0.3 is 21.1 Å². The molecule has 112 valence electrons. The molecule has 0 aliphatic rings. The van der Waals surface area contributed by atoms with E-state index < -0.39 is 5.91 Å². The highest BCUT2D eigenvalue weighted by Crippen LogP contribution is 2.26. The molecule has 0 saturated heterocycles. The molecule has 0 spiro atoms. The van der Waals surface area contributed by atoms with Gasteiger partial charge in [-0.05, 0) is 38.1 Å². The highest BCUT2D eigenvalue weighted by Gasteiger charge is 2.12. The number of nitrogens with two attached hydrogens (primary N) is 2. The van der Waals surface area contributed by atoms with E-state index in [0.29, 0.717) is 23.6 Å². The number of para-hydroxylation sites is 1. The maximum Gasteiger partial charge on any atom is 0.252 e. The van der Waals surface area contributed by atoms with Crippen LogP contribution >= 0.6 is 0 Å². The van der Waals surface area contributed by atoms with E-state index in [1.54, 1.807) is 18.2 Å². The van der Waals surface area contributed by atoms with Crippen LogP contribution in [0, 0.1) is 0 Å². The minimum absolute atomic E-state index is 0.339. The number of nitrogen functional groups attached to an aromatic ring is 1. The first kappa shape index (κ1) is 16.3. The van der Waals surface area contributed by atoms with Gasteiger partial charge in [0.05, 0.1) is 17.9 Å². The number of ether oxygens (including phenoxy) is 1. The van der Waals surface area contributed by atoms with Crippen molar-refractivity contribution in [2.75, 3.05) is 32.0 Å². The van der Waals surface area contributed by atoms with Gasteiger partial charge in [-0.1, -0.05) is 19.9 Å². The van der Waals surface area contributed by atoms with Gasteiger partial charge in [-0.15, -0.1) is 0 Å². The Labute approximate surface area is 120 Å². The lowest BCUT2D eigenvalue weighted by Gasteiger charge is -2.19. The maximum absolute atomic E-state index is 11.3. The van der Waals surface area contributed by atoms with Crippen LogP contribution in [0.5, 0.6) is 5.75 Å². The van der Waals surface area contributed by atoms with Crippen molar-refractivity contribution in [2.45, 2.75) is 26.7 Å². The number of benzene rings is 1. The molecule has 0 fully saturated rings. The van der Waals surface area contributed by atoms with E-state index in [4.69, 9.17) is 16.2 Å². The molecule has 4 N–H and O–H groups in total. The summed E-state index contributed by atoms with van der Waals surface area (Å²) < 4.78 is 5.65. The fourth-order valence-electron chi connectivity index (χ4n) is 2.12. The lowest BCUT2D eigenvalue weighted by atomic mass is 10.1. The molecule has 0 unspecified atom stereocenters. The van der Waals surface area contributed by atoms with Crippen molar-refractivity contribution in [3.63, 3.8) is 0 Å². The van der Waals surface area contributed by atoms with Gasteiger partial charge in [0, 0.05) is 6.54 Å². The molecule has 1 aromatic rings. The Morgan fingerprint density at radius 2 is 2.05 bits per heavy atom. The summed E-state index contributed by atoms with van der Waals surface area (Å²) in [7, 11) is 0. The number of rotatable bonds is 9. The Morgan fingerprint density at radius 1 is 1.30 bits per heavy atom. The van der Waals surface area contributed by atoms with Crippen LogP contribution in [0.15, 0.2) is 18.2 Å². The zero-order valence-corrected chi connectivity index (χ0v) is 12.4. The quantitative estimate of drug-likeness (QED) is 0.534. The van der Waals surface area contributed by atoms with Crippen molar-refractivity contribution in [1.29, 1.82) is 0 Å². The number of nitrogens with zero attached hydrogens (tertiary/aromatic N) is 1. The second kappa shape index (κ2) is 8.43. The Morgan fingerprint density at radius 3 is 2.65 bits per heavy atom. The molecule has 0 saturated carbocycles. The molecule has 1 rings (SSSR count). The molecule has 0 bridgehead atoms. The molecule has 0 atom stereocenters. The third-order valence-corrected chi connectivity index (χ3v) is 3.16. The van der Waals surface area contributed by atoms with Crippen molar-refractivity contribution in [3.05, 3.63) is 23.8 Å². The van der Waals surface area contributed by atoms with Gasteiger partial charge in [-0.25, -0.2) is 0 Å². The number of carbonyl (C=O) groups is 1. The average molecular weight is 279 g/mol. The van der Waals surface area contributed by atoms with Crippen molar-refractivity contribution >= 4 is 11.6 Å². The first-order valence-corrected chi connectivity index (χ1v) is 7.13. The predicted molar refractivity (Wildman–Crippen MR) is 81.9 cm³/mol. The minimum atomic E-state index is -0.520. The van der Waals surface area contributed by atoms with E-state index in [2.05, 4.69) is 18.7 Å². The normalized spacial score (nSPS) is 10.8. The lowest BCUT2D eigenvalue weighted by Crippen LogP contribution is -2.26. The molecule has 0 aliphatic heterocycles. The Kier molecular flexibility index (Phi) is 6.87. The Hall–Kier alpha value is -1.75. The summed E-state index contributed by atoms with van der Waals surface area (Å²) in [6, 6.07) is 5.03. The second-order valence-electron chi connectivity index (χ2n) is 4.72. The number of hydrogen-bond donors (Lipinski definition) is 2. The molecule has 1 amide bonds. The molecular weight excluding hydrogens is 254 g/mol. The topological polar surface area (TPSA) is 81.6 Å². The van der Waals surface area contributed by atoms with E-state index in [-0.39, 0.29) is 0 Å². The predicted octanol–water partition coefficient (Wildman–Crippen LogP) is 1.87. The van der Waals surface area contributed by atoms with Crippen molar-refractivity contribution in [1.82, 2.24) is 4.90 Å². The van der Waals surface area contributed by atoms with Crippen LogP contribution in [0.4, 0.5) is 5.69 Å². The third-order valence-electron chi connectivity index (χ3n) is 3.16. The van der Waals surface area contributed by atoms with E-state index in [1.807, 2.05) is 0 Å². The highest BCUT2D eigenvalue weighted by molar-refractivity contribution is 5.97. The summed E-state index contributed by atoms with van der Waals surface area (Å²) in [5.41, 5.74) is 11.9. The molecule has 0 radical (unpaired) electrons. The number of amides is 1. The van der Waals surface area contributed by atoms with Crippen LogP contribution < -0.4 is 16.2 Å². The number of hydrogen-bond acceptors (Lipinski definition) is 4. The average Bonchev–Trinajstić information content (AvgIpc) is 2.43. The van der Waals surface area contributed by atoms with Crippen LogP contribution in [-0.2, 0) is 0 Å².